The van der Waals surface area contributed by atoms with E-state index in [1.54, 1.807) is 23.1 Å². The van der Waals surface area contributed by atoms with E-state index in [1.807, 2.05) is 37.3 Å². The van der Waals surface area contributed by atoms with Gasteiger partial charge in [-0.1, -0.05) is 41.4 Å². The summed E-state index contributed by atoms with van der Waals surface area (Å²) >= 11 is 12.3. The third-order valence-corrected chi connectivity index (χ3v) is 5.52. The molecule has 5 nitrogen and oxygen atoms in total. The Balaban J connectivity index is 1.94. The molecule has 0 bridgehead atoms. The molecule has 0 fully saturated rings. The van der Waals surface area contributed by atoms with E-state index in [1.165, 1.54) is 0 Å². The molecule has 3 rings (SSSR count). The van der Waals surface area contributed by atoms with Crippen LogP contribution in [-0.4, -0.2) is 30.1 Å². The molecule has 148 valence electrons. The lowest BCUT2D eigenvalue weighted by atomic mass is 9.96. The summed E-state index contributed by atoms with van der Waals surface area (Å²) in [5.41, 5.74) is 4.11. The van der Waals surface area contributed by atoms with Crippen LogP contribution in [-0.2, 0) is 4.79 Å². The quantitative estimate of drug-likeness (QED) is 0.485. The van der Waals surface area contributed by atoms with Gasteiger partial charge in [-0.25, -0.2) is 0 Å². The molecule has 2 N–H and O–H groups in total. The maximum absolute atomic E-state index is 10.9. The Kier molecular flexibility index (Phi) is 6.58. The van der Waals surface area contributed by atoms with Gasteiger partial charge in [-0.3, -0.25) is 10.2 Å². The van der Waals surface area contributed by atoms with Crippen molar-refractivity contribution in [1.82, 2.24) is 4.90 Å². The topological polar surface area (TPSA) is 80.0 Å². The number of nitriles is 1. The summed E-state index contributed by atoms with van der Waals surface area (Å²) in [5.74, 6) is 0. The first-order valence-corrected chi connectivity index (χ1v) is 9.92. The molecule has 1 amide bonds. The first-order valence-electron chi connectivity index (χ1n) is 9.16. The van der Waals surface area contributed by atoms with Crippen LogP contribution in [0, 0.1) is 16.7 Å². The SMILES string of the molecule is CC(Nc1cc(C2=CCN(C=O)CC2)ccc1C(=N)C#N)c1ccc(Cl)cc1Cl. The Morgan fingerprint density at radius 1 is 1.31 bits per heavy atom. The van der Waals surface area contributed by atoms with Gasteiger partial charge in [0.05, 0.1) is 6.04 Å². The van der Waals surface area contributed by atoms with Crippen molar-refractivity contribution in [2.75, 3.05) is 18.4 Å². The number of nitrogens with zero attached hydrogens (tertiary/aromatic N) is 2. The third kappa shape index (κ3) is 4.79. The fourth-order valence-corrected chi connectivity index (χ4v) is 3.92. The van der Waals surface area contributed by atoms with Crippen molar-refractivity contribution in [3.63, 3.8) is 0 Å². The standard InChI is InChI=1S/C22H20Cl2N4O/c1-14(18-5-3-17(23)11-20(18)24)27-22-10-16(2-4-19(22)21(26)12-25)15-6-8-28(13-29)9-7-15/h2-6,10-11,13-14,26-27H,7-9H2,1H3. The second-order valence-electron chi connectivity index (χ2n) is 6.86. The zero-order valence-electron chi connectivity index (χ0n) is 15.9. The summed E-state index contributed by atoms with van der Waals surface area (Å²) in [6.45, 7) is 3.21. The van der Waals surface area contributed by atoms with Gasteiger partial charge in [0, 0.05) is 34.4 Å². The molecular formula is C22H20Cl2N4O. The first-order chi connectivity index (χ1) is 13.9. The van der Waals surface area contributed by atoms with Crippen molar-refractivity contribution in [3.8, 4) is 6.07 Å². The fourth-order valence-electron chi connectivity index (χ4n) is 3.35. The van der Waals surface area contributed by atoms with Gasteiger partial charge in [-0.15, -0.1) is 0 Å². The van der Waals surface area contributed by atoms with Crippen LogP contribution in [0.1, 0.15) is 36.1 Å². The molecule has 0 radical (unpaired) electrons. The number of amides is 1. The molecule has 0 saturated carbocycles. The predicted octanol–water partition coefficient (Wildman–Crippen LogP) is 5.30. The number of hydrogen-bond donors (Lipinski definition) is 2. The Morgan fingerprint density at radius 2 is 2.10 bits per heavy atom. The summed E-state index contributed by atoms with van der Waals surface area (Å²) in [6, 6.07) is 12.7. The minimum absolute atomic E-state index is 0.113. The van der Waals surface area contributed by atoms with E-state index in [9.17, 15) is 10.1 Å². The van der Waals surface area contributed by atoms with Gasteiger partial charge >= 0.3 is 0 Å². The minimum atomic E-state index is -0.161. The van der Waals surface area contributed by atoms with Gasteiger partial charge in [0.2, 0.25) is 6.41 Å². The minimum Gasteiger partial charge on any atom is -0.378 e. The molecular weight excluding hydrogens is 407 g/mol. The number of carbonyl (C=O) groups is 1. The van der Waals surface area contributed by atoms with Gasteiger partial charge in [0.1, 0.15) is 11.8 Å². The fraction of sp³-hybridized carbons (Fsp3) is 0.227. The van der Waals surface area contributed by atoms with Gasteiger partial charge in [-0.2, -0.15) is 5.26 Å². The van der Waals surface area contributed by atoms with Crippen molar-refractivity contribution in [3.05, 3.63) is 69.2 Å². The normalized spacial score (nSPS) is 14.6. The van der Waals surface area contributed by atoms with Gasteiger partial charge in [0.15, 0.2) is 0 Å². The van der Waals surface area contributed by atoms with Crippen molar-refractivity contribution >= 4 is 46.6 Å². The summed E-state index contributed by atoms with van der Waals surface area (Å²) in [5, 5.41) is 21.7. The van der Waals surface area contributed by atoms with Crippen LogP contribution in [0.15, 0.2) is 42.5 Å². The summed E-state index contributed by atoms with van der Waals surface area (Å²) in [6.07, 6.45) is 3.65. The molecule has 2 aromatic carbocycles. The zero-order chi connectivity index (χ0) is 21.0. The average molecular weight is 427 g/mol. The van der Waals surface area contributed by atoms with Crippen LogP contribution in [0.5, 0.6) is 0 Å². The molecule has 29 heavy (non-hydrogen) atoms. The number of rotatable bonds is 6. The maximum Gasteiger partial charge on any atom is 0.209 e. The largest absolute Gasteiger partial charge is 0.378 e. The molecule has 0 aliphatic carbocycles. The first kappa shape index (κ1) is 20.9. The van der Waals surface area contributed by atoms with Crippen molar-refractivity contribution < 1.29 is 4.79 Å². The number of anilines is 1. The smallest absolute Gasteiger partial charge is 0.209 e. The lowest BCUT2D eigenvalue weighted by Crippen LogP contribution is -2.26. The summed E-state index contributed by atoms with van der Waals surface area (Å²) in [7, 11) is 0. The van der Waals surface area contributed by atoms with Crippen molar-refractivity contribution in [2.24, 2.45) is 0 Å². The highest BCUT2D eigenvalue weighted by atomic mass is 35.5. The lowest BCUT2D eigenvalue weighted by Gasteiger charge is -2.24. The summed E-state index contributed by atoms with van der Waals surface area (Å²) in [4.78, 5) is 12.6. The van der Waals surface area contributed by atoms with E-state index < -0.39 is 0 Å². The highest BCUT2D eigenvalue weighted by Gasteiger charge is 2.17. The van der Waals surface area contributed by atoms with Crippen molar-refractivity contribution in [2.45, 2.75) is 19.4 Å². The molecule has 0 aromatic heterocycles. The molecule has 1 atom stereocenters. The van der Waals surface area contributed by atoms with Crippen LogP contribution in [0.2, 0.25) is 10.0 Å². The number of halogens is 2. The summed E-state index contributed by atoms with van der Waals surface area (Å²) < 4.78 is 0. The van der Waals surface area contributed by atoms with Crippen LogP contribution in [0.25, 0.3) is 5.57 Å². The lowest BCUT2D eigenvalue weighted by molar-refractivity contribution is -0.117. The zero-order valence-corrected chi connectivity index (χ0v) is 17.4. The highest BCUT2D eigenvalue weighted by Crippen LogP contribution is 2.32. The average Bonchev–Trinajstić information content (AvgIpc) is 2.73. The second kappa shape index (κ2) is 9.13. The maximum atomic E-state index is 10.9. The molecule has 1 heterocycles. The number of hydrogen-bond acceptors (Lipinski definition) is 4. The van der Waals surface area contributed by atoms with Crippen molar-refractivity contribution in [1.29, 1.82) is 10.7 Å². The number of benzene rings is 2. The third-order valence-electron chi connectivity index (χ3n) is 4.96. The Labute approximate surface area is 180 Å². The molecule has 1 aliphatic rings. The van der Waals surface area contributed by atoms with Crippen LogP contribution in [0.3, 0.4) is 0 Å². The van der Waals surface area contributed by atoms with E-state index in [4.69, 9.17) is 28.6 Å². The van der Waals surface area contributed by atoms with E-state index >= 15 is 0 Å². The molecule has 0 spiro atoms. The molecule has 1 unspecified atom stereocenters. The van der Waals surface area contributed by atoms with E-state index in [0.717, 1.165) is 29.5 Å². The Morgan fingerprint density at radius 3 is 2.72 bits per heavy atom. The van der Waals surface area contributed by atoms with E-state index in [0.29, 0.717) is 34.4 Å². The highest BCUT2D eigenvalue weighted by molar-refractivity contribution is 6.35. The van der Waals surface area contributed by atoms with Gasteiger partial charge in [0.25, 0.3) is 0 Å². The second-order valence-corrected chi connectivity index (χ2v) is 7.70. The van der Waals surface area contributed by atoms with Gasteiger partial charge in [-0.05, 0) is 54.3 Å². The predicted molar refractivity (Wildman–Crippen MR) is 118 cm³/mol. The van der Waals surface area contributed by atoms with E-state index in [2.05, 4.69) is 5.32 Å². The number of nitrogens with one attached hydrogen (secondary N) is 2. The van der Waals surface area contributed by atoms with Crippen LogP contribution < -0.4 is 5.32 Å². The van der Waals surface area contributed by atoms with E-state index in [-0.39, 0.29) is 11.8 Å². The van der Waals surface area contributed by atoms with Crippen LogP contribution >= 0.6 is 23.2 Å². The Hall–Kier alpha value is -2.81. The number of carbonyl (C=O) groups excluding carboxylic acids is 1. The molecule has 7 heteroatoms. The monoisotopic (exact) mass is 426 g/mol. The Bertz CT molecular complexity index is 1030. The molecule has 0 saturated heterocycles. The van der Waals surface area contributed by atoms with Gasteiger partial charge < -0.3 is 10.2 Å². The molecule has 2 aromatic rings. The molecule has 1 aliphatic heterocycles. The van der Waals surface area contributed by atoms with Crippen LogP contribution in [0.4, 0.5) is 5.69 Å².